The van der Waals surface area contributed by atoms with Crippen molar-refractivity contribution in [3.8, 4) is 0 Å². The highest BCUT2D eigenvalue weighted by atomic mass is 35.5. The Bertz CT molecular complexity index is 624. The first-order chi connectivity index (χ1) is 11.1. The zero-order chi connectivity index (χ0) is 16.8. The third-order valence-corrected chi connectivity index (χ3v) is 5.06. The van der Waals surface area contributed by atoms with Crippen LogP contribution in [0.2, 0.25) is 5.02 Å². The summed E-state index contributed by atoms with van der Waals surface area (Å²) in [4.78, 5) is 15.7. The Hall–Kier alpha value is -1.43. The molecule has 0 aliphatic heterocycles. The van der Waals surface area contributed by atoms with Crippen LogP contribution in [-0.4, -0.2) is 30.4 Å². The van der Waals surface area contributed by atoms with E-state index in [-0.39, 0.29) is 16.6 Å². The van der Waals surface area contributed by atoms with Gasteiger partial charge in [-0.3, -0.25) is 9.69 Å². The molecular weight excluding hydrogens is 335 g/mol. The number of carbonyl (C=O) groups is 1. The summed E-state index contributed by atoms with van der Waals surface area (Å²) in [5, 5.41) is 4.96. The van der Waals surface area contributed by atoms with Gasteiger partial charge < -0.3 is 5.32 Å². The molecule has 0 aliphatic rings. The minimum absolute atomic E-state index is 0.0690. The number of nitrogens with zero attached hydrogens (tertiary/aromatic N) is 1. The topological polar surface area (TPSA) is 32.3 Å². The molecule has 0 aliphatic carbocycles. The number of rotatable bonds is 7. The highest BCUT2D eigenvalue weighted by Crippen LogP contribution is 2.25. The second kappa shape index (κ2) is 8.43. The highest BCUT2D eigenvalue weighted by molar-refractivity contribution is 7.10. The van der Waals surface area contributed by atoms with Crippen LogP contribution >= 0.6 is 22.9 Å². The van der Waals surface area contributed by atoms with Gasteiger partial charge in [-0.15, -0.1) is 11.3 Å². The Balaban J connectivity index is 2.14. The van der Waals surface area contributed by atoms with Gasteiger partial charge in [0.25, 0.3) is 5.91 Å². The lowest BCUT2D eigenvalue weighted by atomic mass is 10.1. The lowest BCUT2D eigenvalue weighted by Crippen LogP contribution is -2.38. The molecule has 1 heterocycles. The van der Waals surface area contributed by atoms with Crippen molar-refractivity contribution in [2.24, 2.45) is 0 Å². The number of benzene rings is 1. The molecule has 1 aromatic carbocycles. The number of carbonyl (C=O) groups excluding carboxylic acids is 1. The van der Waals surface area contributed by atoms with Gasteiger partial charge >= 0.3 is 0 Å². The lowest BCUT2D eigenvalue weighted by molar-refractivity contribution is 0.0931. The van der Waals surface area contributed by atoms with Gasteiger partial charge in [-0.1, -0.05) is 37.6 Å². The largest absolute Gasteiger partial charge is 0.350 e. The number of amides is 1. The van der Waals surface area contributed by atoms with Crippen molar-refractivity contribution in [1.82, 2.24) is 10.2 Å². The van der Waals surface area contributed by atoms with Crippen LogP contribution in [-0.2, 0) is 0 Å². The van der Waals surface area contributed by atoms with Gasteiger partial charge in [0.1, 0.15) is 5.82 Å². The Labute approximate surface area is 145 Å². The molecule has 0 saturated heterocycles. The molecule has 1 atom stereocenters. The van der Waals surface area contributed by atoms with Crippen LogP contribution in [0.1, 0.15) is 35.1 Å². The van der Waals surface area contributed by atoms with E-state index in [4.69, 9.17) is 11.6 Å². The summed E-state index contributed by atoms with van der Waals surface area (Å²) in [6, 6.07) is 8.35. The van der Waals surface area contributed by atoms with Crippen molar-refractivity contribution in [3.63, 3.8) is 0 Å². The number of hydrogen-bond acceptors (Lipinski definition) is 3. The molecule has 23 heavy (non-hydrogen) atoms. The van der Waals surface area contributed by atoms with Gasteiger partial charge in [-0.2, -0.15) is 0 Å². The van der Waals surface area contributed by atoms with Crippen molar-refractivity contribution < 1.29 is 9.18 Å². The van der Waals surface area contributed by atoms with E-state index in [9.17, 15) is 9.18 Å². The van der Waals surface area contributed by atoms with Crippen molar-refractivity contribution in [2.45, 2.75) is 19.9 Å². The minimum atomic E-state index is -0.606. The number of halogens is 2. The minimum Gasteiger partial charge on any atom is -0.350 e. The predicted octanol–water partition coefficient (Wildman–Crippen LogP) is 4.35. The van der Waals surface area contributed by atoms with Gasteiger partial charge in [-0.05, 0) is 36.7 Å². The van der Waals surface area contributed by atoms with E-state index in [1.54, 1.807) is 11.3 Å². The van der Waals surface area contributed by atoms with E-state index >= 15 is 0 Å². The highest BCUT2D eigenvalue weighted by Gasteiger charge is 2.22. The van der Waals surface area contributed by atoms with Crippen molar-refractivity contribution >= 4 is 28.8 Å². The zero-order valence-corrected chi connectivity index (χ0v) is 14.8. The smallest absolute Gasteiger partial charge is 0.255 e. The summed E-state index contributed by atoms with van der Waals surface area (Å²) in [6.07, 6.45) is 0. The maximum absolute atomic E-state index is 13.8. The van der Waals surface area contributed by atoms with Crippen molar-refractivity contribution in [3.05, 3.63) is 57.0 Å². The van der Waals surface area contributed by atoms with E-state index in [1.807, 2.05) is 11.4 Å². The van der Waals surface area contributed by atoms with E-state index in [2.05, 4.69) is 30.1 Å². The second-order valence-corrected chi connectivity index (χ2v) is 6.45. The molecular formula is C17H20ClFN2OS. The van der Waals surface area contributed by atoms with Gasteiger partial charge in [-0.25, -0.2) is 4.39 Å². The van der Waals surface area contributed by atoms with Crippen LogP contribution in [0.5, 0.6) is 0 Å². The van der Waals surface area contributed by atoms with Crippen LogP contribution < -0.4 is 5.32 Å². The number of thiophene rings is 1. The first-order valence-electron chi connectivity index (χ1n) is 7.58. The van der Waals surface area contributed by atoms with Gasteiger partial charge in [0.15, 0.2) is 0 Å². The third kappa shape index (κ3) is 4.31. The number of nitrogens with one attached hydrogen (secondary N) is 1. The summed E-state index contributed by atoms with van der Waals surface area (Å²) in [7, 11) is 0. The summed E-state index contributed by atoms with van der Waals surface area (Å²) in [6.45, 7) is 6.32. The monoisotopic (exact) mass is 354 g/mol. The normalized spacial score (nSPS) is 12.4. The van der Waals surface area contributed by atoms with Crippen molar-refractivity contribution in [2.75, 3.05) is 19.6 Å². The Morgan fingerprint density at radius 2 is 2.04 bits per heavy atom. The molecule has 1 unspecified atom stereocenters. The van der Waals surface area contributed by atoms with E-state index in [0.717, 1.165) is 13.1 Å². The molecule has 0 fully saturated rings. The maximum Gasteiger partial charge on any atom is 0.255 e. The van der Waals surface area contributed by atoms with E-state index in [1.165, 1.54) is 23.1 Å². The molecule has 0 saturated carbocycles. The van der Waals surface area contributed by atoms with Gasteiger partial charge in [0, 0.05) is 11.4 Å². The predicted molar refractivity (Wildman–Crippen MR) is 93.7 cm³/mol. The molecule has 1 N–H and O–H groups in total. The van der Waals surface area contributed by atoms with Crippen LogP contribution in [0.25, 0.3) is 0 Å². The lowest BCUT2D eigenvalue weighted by Gasteiger charge is -2.29. The van der Waals surface area contributed by atoms with Crippen LogP contribution in [0.4, 0.5) is 4.39 Å². The zero-order valence-electron chi connectivity index (χ0n) is 13.2. The molecule has 2 aromatic rings. The Morgan fingerprint density at radius 1 is 1.30 bits per heavy atom. The molecule has 3 nitrogen and oxygen atoms in total. The fourth-order valence-electron chi connectivity index (χ4n) is 2.55. The molecule has 6 heteroatoms. The molecule has 0 radical (unpaired) electrons. The molecule has 1 aromatic heterocycles. The Kier molecular flexibility index (Phi) is 6.57. The molecule has 1 amide bonds. The first-order valence-corrected chi connectivity index (χ1v) is 8.83. The summed E-state index contributed by atoms with van der Waals surface area (Å²) in [5.41, 5.74) is -0.0985. The summed E-state index contributed by atoms with van der Waals surface area (Å²) < 4.78 is 13.8. The number of hydrogen-bond donors (Lipinski definition) is 1. The standard InChI is InChI=1S/C17H20ClFN2OS/c1-3-21(4-2)14(15-9-6-10-23-15)11-20-17(22)16-12(18)7-5-8-13(16)19/h5-10,14H,3-4,11H2,1-2H3,(H,20,22). The average molecular weight is 355 g/mol. The fourth-order valence-corrected chi connectivity index (χ4v) is 3.66. The fraction of sp³-hybridized carbons (Fsp3) is 0.353. The molecule has 0 spiro atoms. The van der Waals surface area contributed by atoms with Gasteiger partial charge in [0.2, 0.25) is 0 Å². The molecule has 124 valence electrons. The van der Waals surface area contributed by atoms with Crippen LogP contribution in [0.15, 0.2) is 35.7 Å². The van der Waals surface area contributed by atoms with Crippen LogP contribution in [0.3, 0.4) is 0 Å². The maximum atomic E-state index is 13.8. The quantitative estimate of drug-likeness (QED) is 0.801. The van der Waals surface area contributed by atoms with Crippen molar-refractivity contribution in [1.29, 1.82) is 0 Å². The second-order valence-electron chi connectivity index (χ2n) is 5.06. The van der Waals surface area contributed by atoms with Gasteiger partial charge in [0.05, 0.1) is 16.6 Å². The molecule has 2 rings (SSSR count). The first kappa shape index (κ1) is 17.9. The van der Waals surface area contributed by atoms with E-state index < -0.39 is 11.7 Å². The third-order valence-electron chi connectivity index (χ3n) is 3.77. The molecule has 0 bridgehead atoms. The Morgan fingerprint density at radius 3 is 2.61 bits per heavy atom. The number of likely N-dealkylation sites (N-methyl/N-ethyl adjacent to an activating group) is 1. The van der Waals surface area contributed by atoms with E-state index in [0.29, 0.717) is 6.54 Å². The summed E-state index contributed by atoms with van der Waals surface area (Å²) >= 11 is 7.60. The average Bonchev–Trinajstić information content (AvgIpc) is 3.05. The SMILES string of the molecule is CCN(CC)C(CNC(=O)c1c(F)cccc1Cl)c1cccs1. The summed E-state index contributed by atoms with van der Waals surface area (Å²) in [5.74, 6) is -1.09. The van der Waals surface area contributed by atoms with Crippen LogP contribution in [0, 0.1) is 5.82 Å².